The second kappa shape index (κ2) is 8.31. The Labute approximate surface area is 153 Å². The summed E-state index contributed by atoms with van der Waals surface area (Å²) < 4.78 is 0. The molecule has 0 bridgehead atoms. The van der Waals surface area contributed by atoms with Gasteiger partial charge in [-0.15, -0.1) is 0 Å². The smallest absolute Gasteiger partial charge is 0.245 e. The standard InChI is InChI=1S/C19H26N4O3/c1-2-14-5-3-4-6-15(14)20-18(25)13-22-9-11-23(12-10-22)19(26)16-7-8-17(24)21-16/h3-6,16H,2,7-13H2,1H3,(H,20,25)(H,21,24)/t16-/m0/s1. The zero-order valence-electron chi connectivity index (χ0n) is 15.2. The van der Waals surface area contributed by atoms with Crippen LogP contribution < -0.4 is 10.6 Å². The molecule has 2 heterocycles. The average molecular weight is 358 g/mol. The van der Waals surface area contributed by atoms with Gasteiger partial charge in [0, 0.05) is 38.3 Å². The maximum atomic E-state index is 12.4. The summed E-state index contributed by atoms with van der Waals surface area (Å²) in [4.78, 5) is 39.8. The number of benzene rings is 1. The molecule has 2 aliphatic rings. The highest BCUT2D eigenvalue weighted by Gasteiger charge is 2.32. The predicted octanol–water partition coefficient (Wildman–Crippen LogP) is 0.610. The van der Waals surface area contributed by atoms with E-state index in [0.29, 0.717) is 45.6 Å². The highest BCUT2D eigenvalue weighted by molar-refractivity contribution is 5.93. The molecule has 0 radical (unpaired) electrons. The fraction of sp³-hybridized carbons (Fsp3) is 0.526. The van der Waals surface area contributed by atoms with Gasteiger partial charge >= 0.3 is 0 Å². The number of anilines is 1. The van der Waals surface area contributed by atoms with Crippen LogP contribution in [0.15, 0.2) is 24.3 Å². The largest absolute Gasteiger partial charge is 0.344 e. The molecule has 0 aliphatic carbocycles. The van der Waals surface area contributed by atoms with Crippen LogP contribution in [0.3, 0.4) is 0 Å². The Bertz CT molecular complexity index is 683. The Hall–Kier alpha value is -2.41. The quantitative estimate of drug-likeness (QED) is 0.808. The molecule has 2 saturated heterocycles. The Kier molecular flexibility index (Phi) is 5.88. The summed E-state index contributed by atoms with van der Waals surface area (Å²) in [7, 11) is 0. The minimum atomic E-state index is -0.372. The molecule has 7 nitrogen and oxygen atoms in total. The van der Waals surface area contributed by atoms with Crippen molar-refractivity contribution < 1.29 is 14.4 Å². The summed E-state index contributed by atoms with van der Waals surface area (Å²) in [5.41, 5.74) is 1.99. The summed E-state index contributed by atoms with van der Waals surface area (Å²) >= 11 is 0. The minimum absolute atomic E-state index is 0.00294. The van der Waals surface area contributed by atoms with Crippen molar-refractivity contribution in [2.45, 2.75) is 32.2 Å². The first-order chi connectivity index (χ1) is 12.6. The Balaban J connectivity index is 1.45. The number of amides is 3. The number of aryl methyl sites for hydroxylation is 1. The summed E-state index contributed by atoms with van der Waals surface area (Å²) in [6, 6.07) is 7.45. The lowest BCUT2D eigenvalue weighted by atomic mass is 10.1. The number of piperazine rings is 1. The van der Waals surface area contributed by atoms with Crippen molar-refractivity contribution in [1.29, 1.82) is 0 Å². The number of nitrogens with one attached hydrogen (secondary N) is 2. The van der Waals surface area contributed by atoms with Crippen LogP contribution in [0.4, 0.5) is 5.69 Å². The third-order valence-corrected chi connectivity index (χ3v) is 5.02. The molecule has 2 aliphatic heterocycles. The van der Waals surface area contributed by atoms with Crippen LogP contribution in [-0.4, -0.2) is 66.3 Å². The summed E-state index contributed by atoms with van der Waals surface area (Å²) in [6.45, 7) is 4.88. The minimum Gasteiger partial charge on any atom is -0.344 e. The second-order valence-corrected chi connectivity index (χ2v) is 6.82. The van der Waals surface area contributed by atoms with E-state index in [1.165, 1.54) is 0 Å². The molecule has 2 fully saturated rings. The normalized spacial score (nSPS) is 20.7. The molecule has 3 rings (SSSR count). The van der Waals surface area contributed by atoms with E-state index >= 15 is 0 Å². The number of hydrogen-bond acceptors (Lipinski definition) is 4. The third-order valence-electron chi connectivity index (χ3n) is 5.02. The van der Waals surface area contributed by atoms with Crippen molar-refractivity contribution in [3.63, 3.8) is 0 Å². The maximum Gasteiger partial charge on any atom is 0.245 e. The van der Waals surface area contributed by atoms with Gasteiger partial charge in [0.05, 0.1) is 6.54 Å². The first-order valence-corrected chi connectivity index (χ1v) is 9.25. The fourth-order valence-electron chi connectivity index (χ4n) is 3.49. The lowest BCUT2D eigenvalue weighted by Gasteiger charge is -2.35. The van der Waals surface area contributed by atoms with Gasteiger partial charge in [0.25, 0.3) is 0 Å². The molecule has 1 aromatic rings. The Morgan fingerprint density at radius 2 is 1.92 bits per heavy atom. The Morgan fingerprint density at radius 1 is 1.19 bits per heavy atom. The monoisotopic (exact) mass is 358 g/mol. The molecule has 1 atom stereocenters. The van der Waals surface area contributed by atoms with Crippen LogP contribution in [0.5, 0.6) is 0 Å². The zero-order valence-corrected chi connectivity index (χ0v) is 15.2. The molecule has 1 aromatic carbocycles. The molecule has 0 unspecified atom stereocenters. The van der Waals surface area contributed by atoms with E-state index in [2.05, 4.69) is 22.5 Å². The van der Waals surface area contributed by atoms with Crippen LogP contribution in [0, 0.1) is 0 Å². The number of hydrogen-bond donors (Lipinski definition) is 2. The first kappa shape index (κ1) is 18.4. The van der Waals surface area contributed by atoms with E-state index in [1.54, 1.807) is 4.90 Å². The molecular formula is C19H26N4O3. The van der Waals surface area contributed by atoms with Crippen molar-refractivity contribution in [3.8, 4) is 0 Å². The van der Waals surface area contributed by atoms with Crippen molar-refractivity contribution in [2.24, 2.45) is 0 Å². The SMILES string of the molecule is CCc1ccccc1NC(=O)CN1CCN(C(=O)[C@@H]2CCC(=O)N2)CC1. The van der Waals surface area contributed by atoms with Gasteiger partial charge in [-0.3, -0.25) is 19.3 Å². The average Bonchev–Trinajstić information content (AvgIpc) is 3.08. The van der Waals surface area contributed by atoms with Gasteiger partial charge in [-0.1, -0.05) is 25.1 Å². The van der Waals surface area contributed by atoms with E-state index in [1.807, 2.05) is 24.3 Å². The fourth-order valence-corrected chi connectivity index (χ4v) is 3.49. The molecule has 140 valence electrons. The molecule has 0 aromatic heterocycles. The van der Waals surface area contributed by atoms with Gasteiger partial charge in [-0.2, -0.15) is 0 Å². The Morgan fingerprint density at radius 3 is 2.58 bits per heavy atom. The number of carbonyl (C=O) groups is 3. The molecule has 3 amide bonds. The number of rotatable bonds is 5. The molecule has 2 N–H and O–H groups in total. The van der Waals surface area contributed by atoms with E-state index in [4.69, 9.17) is 0 Å². The van der Waals surface area contributed by atoms with Gasteiger partial charge in [-0.25, -0.2) is 0 Å². The number of carbonyl (C=O) groups excluding carboxylic acids is 3. The molecule has 0 saturated carbocycles. The van der Waals surface area contributed by atoms with Crippen molar-refractivity contribution in [2.75, 3.05) is 38.0 Å². The van der Waals surface area contributed by atoms with Gasteiger partial charge in [0.1, 0.15) is 6.04 Å². The topological polar surface area (TPSA) is 81.8 Å². The highest BCUT2D eigenvalue weighted by atomic mass is 16.2. The summed E-state index contributed by atoms with van der Waals surface area (Å²) in [5, 5.41) is 5.71. The summed E-state index contributed by atoms with van der Waals surface area (Å²) in [6.07, 6.45) is 1.88. The molecule has 26 heavy (non-hydrogen) atoms. The lowest BCUT2D eigenvalue weighted by molar-refractivity contribution is -0.136. The number of nitrogens with zero attached hydrogens (tertiary/aromatic N) is 2. The van der Waals surface area contributed by atoms with E-state index < -0.39 is 0 Å². The number of para-hydroxylation sites is 1. The molecule has 7 heteroatoms. The maximum absolute atomic E-state index is 12.4. The third kappa shape index (κ3) is 4.40. The zero-order chi connectivity index (χ0) is 18.5. The summed E-state index contributed by atoms with van der Waals surface area (Å²) in [5.74, 6) is -0.0865. The first-order valence-electron chi connectivity index (χ1n) is 9.25. The van der Waals surface area contributed by atoms with Crippen molar-refractivity contribution >= 4 is 23.4 Å². The van der Waals surface area contributed by atoms with Gasteiger partial charge in [0.2, 0.25) is 17.7 Å². The van der Waals surface area contributed by atoms with Crippen molar-refractivity contribution in [1.82, 2.24) is 15.1 Å². The van der Waals surface area contributed by atoms with Gasteiger partial charge < -0.3 is 15.5 Å². The van der Waals surface area contributed by atoms with Crippen LogP contribution in [0.25, 0.3) is 0 Å². The van der Waals surface area contributed by atoms with E-state index in [0.717, 1.165) is 17.7 Å². The molecule has 0 spiro atoms. The van der Waals surface area contributed by atoms with Gasteiger partial charge in [-0.05, 0) is 24.5 Å². The van der Waals surface area contributed by atoms with Crippen LogP contribution >= 0.6 is 0 Å². The van der Waals surface area contributed by atoms with E-state index in [-0.39, 0.29) is 23.8 Å². The molecular weight excluding hydrogens is 332 g/mol. The van der Waals surface area contributed by atoms with E-state index in [9.17, 15) is 14.4 Å². The van der Waals surface area contributed by atoms with Crippen LogP contribution in [-0.2, 0) is 20.8 Å². The second-order valence-electron chi connectivity index (χ2n) is 6.82. The van der Waals surface area contributed by atoms with Crippen molar-refractivity contribution in [3.05, 3.63) is 29.8 Å². The lowest BCUT2D eigenvalue weighted by Crippen LogP contribution is -2.54. The predicted molar refractivity (Wildman–Crippen MR) is 98.6 cm³/mol. The van der Waals surface area contributed by atoms with Gasteiger partial charge in [0.15, 0.2) is 0 Å². The van der Waals surface area contributed by atoms with Crippen LogP contribution in [0.1, 0.15) is 25.3 Å². The van der Waals surface area contributed by atoms with Crippen LogP contribution in [0.2, 0.25) is 0 Å². The highest BCUT2D eigenvalue weighted by Crippen LogP contribution is 2.16.